The van der Waals surface area contributed by atoms with E-state index in [0.717, 1.165) is 22.6 Å². The Hall–Kier alpha value is -2.47. The van der Waals surface area contributed by atoms with E-state index >= 15 is 0 Å². The number of aryl methyl sites for hydroxylation is 1. The highest BCUT2D eigenvalue weighted by molar-refractivity contribution is 5.66. The number of anilines is 1. The molecule has 24 heavy (non-hydrogen) atoms. The Bertz CT molecular complexity index is 777. The van der Waals surface area contributed by atoms with Gasteiger partial charge in [0.05, 0.1) is 11.7 Å². The zero-order valence-electron chi connectivity index (χ0n) is 14.1. The second-order valence-electron chi connectivity index (χ2n) is 6.01. The van der Waals surface area contributed by atoms with Crippen molar-refractivity contribution >= 4 is 5.69 Å². The molecule has 2 unspecified atom stereocenters. The van der Waals surface area contributed by atoms with Crippen molar-refractivity contribution in [3.05, 3.63) is 53.6 Å². The maximum atomic E-state index is 13.6. The molecule has 1 aliphatic heterocycles. The third-order valence-corrected chi connectivity index (χ3v) is 4.09. The molecule has 0 aliphatic carbocycles. The Balaban J connectivity index is 1.84. The molecule has 2 heterocycles. The summed E-state index contributed by atoms with van der Waals surface area (Å²) in [5.74, 6) is 1.40. The topological polar surface area (TPSA) is 65.6 Å². The van der Waals surface area contributed by atoms with Crippen LogP contribution in [0, 0.1) is 12.8 Å². The molecular weight excluding hydrogens is 305 g/mol. The van der Waals surface area contributed by atoms with Crippen LogP contribution in [0.2, 0.25) is 0 Å². The minimum absolute atomic E-state index is 0.0608. The van der Waals surface area contributed by atoms with E-state index in [1.165, 1.54) is 6.08 Å². The molecule has 0 bridgehead atoms. The molecule has 5 nitrogen and oxygen atoms in total. The maximum absolute atomic E-state index is 13.6. The van der Waals surface area contributed by atoms with Gasteiger partial charge < -0.3 is 5.43 Å². The average molecular weight is 327 g/mol. The highest BCUT2D eigenvalue weighted by Crippen LogP contribution is 2.36. The molecule has 3 rings (SSSR count). The summed E-state index contributed by atoms with van der Waals surface area (Å²) in [4.78, 5) is 4.38. The lowest BCUT2D eigenvalue weighted by molar-refractivity contribution is 0.502. The van der Waals surface area contributed by atoms with Crippen molar-refractivity contribution in [2.45, 2.75) is 33.2 Å². The van der Waals surface area contributed by atoms with Crippen molar-refractivity contribution in [1.29, 1.82) is 0 Å². The molecule has 126 valence electrons. The molecule has 0 amide bonds. The summed E-state index contributed by atoms with van der Waals surface area (Å²) in [5, 5.41) is 7.08. The summed E-state index contributed by atoms with van der Waals surface area (Å²) >= 11 is 0. The van der Waals surface area contributed by atoms with Crippen LogP contribution in [-0.2, 0) is 0 Å². The second kappa shape index (κ2) is 6.97. The van der Waals surface area contributed by atoms with Gasteiger partial charge in [-0.25, -0.2) is 14.8 Å². The number of hydrogen-bond acceptors (Lipinski definition) is 4. The maximum Gasteiger partial charge on any atom is 0.181 e. The van der Waals surface area contributed by atoms with Crippen molar-refractivity contribution < 1.29 is 4.39 Å². The fourth-order valence-corrected chi connectivity index (χ4v) is 2.81. The van der Waals surface area contributed by atoms with Crippen molar-refractivity contribution in [3.8, 4) is 11.4 Å². The Kier molecular flexibility index (Phi) is 4.76. The quantitative estimate of drug-likeness (QED) is 0.720. The minimum atomic E-state index is -0.194. The van der Waals surface area contributed by atoms with Crippen LogP contribution in [-0.4, -0.2) is 15.2 Å². The normalized spacial score (nSPS) is 18.7. The molecule has 3 N–H and O–H groups in total. The minimum Gasteiger partial charge on any atom is -0.321 e. The number of nitrogens with one attached hydrogen (secondary N) is 3. The SMILES string of the molecule is CC/C=C(F)\C=C/C(C)C1NNc2ccc(-c3n[nH]c(C)n3)cc21. The summed E-state index contributed by atoms with van der Waals surface area (Å²) in [6.07, 6.45) is 5.69. The molecule has 6 heteroatoms. The number of rotatable bonds is 5. The third kappa shape index (κ3) is 3.38. The van der Waals surface area contributed by atoms with Crippen LogP contribution in [0.25, 0.3) is 11.4 Å². The van der Waals surface area contributed by atoms with E-state index in [-0.39, 0.29) is 17.8 Å². The van der Waals surface area contributed by atoms with E-state index < -0.39 is 0 Å². The Morgan fingerprint density at radius 3 is 2.96 bits per heavy atom. The van der Waals surface area contributed by atoms with Crippen molar-refractivity contribution in [2.24, 2.45) is 5.92 Å². The first kappa shape index (κ1) is 16.4. The smallest absolute Gasteiger partial charge is 0.181 e. The van der Waals surface area contributed by atoms with Crippen LogP contribution in [0.5, 0.6) is 0 Å². The second-order valence-corrected chi connectivity index (χ2v) is 6.01. The summed E-state index contributed by atoms with van der Waals surface area (Å²) in [5.41, 5.74) is 9.58. The number of fused-ring (bicyclic) bond motifs is 1. The molecule has 2 aromatic rings. The van der Waals surface area contributed by atoms with Crippen LogP contribution in [0.4, 0.5) is 10.1 Å². The van der Waals surface area contributed by atoms with E-state index in [9.17, 15) is 4.39 Å². The van der Waals surface area contributed by atoms with Crippen molar-refractivity contribution in [3.63, 3.8) is 0 Å². The van der Waals surface area contributed by atoms with Gasteiger partial charge in [-0.1, -0.05) is 19.9 Å². The third-order valence-electron chi connectivity index (χ3n) is 4.09. The number of allylic oxidation sites excluding steroid dienone is 3. The number of aromatic nitrogens is 3. The molecular formula is C18H22FN5. The van der Waals surface area contributed by atoms with E-state index in [1.807, 2.05) is 32.1 Å². The fraction of sp³-hybridized carbons (Fsp3) is 0.333. The molecule has 0 fully saturated rings. The van der Waals surface area contributed by atoms with Gasteiger partial charge in [0, 0.05) is 5.56 Å². The largest absolute Gasteiger partial charge is 0.321 e. The van der Waals surface area contributed by atoms with Crippen LogP contribution in [0.15, 0.2) is 42.3 Å². The molecule has 0 spiro atoms. The molecule has 1 aliphatic rings. The molecule has 0 saturated heterocycles. The zero-order chi connectivity index (χ0) is 17.1. The molecule has 2 atom stereocenters. The predicted octanol–water partition coefficient (Wildman–Crippen LogP) is 4.21. The first-order valence-corrected chi connectivity index (χ1v) is 8.17. The lowest BCUT2D eigenvalue weighted by Gasteiger charge is -2.16. The monoisotopic (exact) mass is 327 g/mol. The van der Waals surface area contributed by atoms with Crippen LogP contribution in [0.3, 0.4) is 0 Å². The lowest BCUT2D eigenvalue weighted by Crippen LogP contribution is -2.23. The summed E-state index contributed by atoms with van der Waals surface area (Å²) in [6.45, 7) is 5.86. The predicted molar refractivity (Wildman–Crippen MR) is 93.8 cm³/mol. The van der Waals surface area contributed by atoms with Gasteiger partial charge in [0.2, 0.25) is 0 Å². The standard InChI is InChI=1S/C18H22FN5/c1-4-5-14(19)8-6-11(2)17-15-10-13(7-9-16(15)22-23-17)18-20-12(3)21-24-18/h5-11,17,22-23H,4H2,1-3H3,(H,20,21,24)/b8-6-,14-5+. The Morgan fingerprint density at radius 2 is 2.25 bits per heavy atom. The van der Waals surface area contributed by atoms with Crippen molar-refractivity contribution in [1.82, 2.24) is 20.6 Å². The zero-order valence-corrected chi connectivity index (χ0v) is 14.1. The first-order chi connectivity index (χ1) is 11.6. The fourth-order valence-electron chi connectivity index (χ4n) is 2.81. The van der Waals surface area contributed by atoms with E-state index in [2.05, 4.69) is 39.0 Å². The van der Waals surface area contributed by atoms with Gasteiger partial charge in [-0.3, -0.25) is 5.10 Å². The average Bonchev–Trinajstić information content (AvgIpc) is 3.18. The summed E-state index contributed by atoms with van der Waals surface area (Å²) in [7, 11) is 0. The highest BCUT2D eigenvalue weighted by Gasteiger charge is 2.26. The van der Waals surface area contributed by atoms with E-state index in [4.69, 9.17) is 0 Å². The number of hydrazine groups is 1. The van der Waals surface area contributed by atoms with Gasteiger partial charge in [0.25, 0.3) is 0 Å². The Morgan fingerprint density at radius 1 is 1.42 bits per heavy atom. The van der Waals surface area contributed by atoms with Crippen molar-refractivity contribution in [2.75, 3.05) is 5.43 Å². The van der Waals surface area contributed by atoms with Gasteiger partial charge in [-0.2, -0.15) is 5.10 Å². The van der Waals surface area contributed by atoms with Gasteiger partial charge in [0.15, 0.2) is 5.82 Å². The van der Waals surface area contributed by atoms with Crippen LogP contribution in [0.1, 0.15) is 37.7 Å². The number of H-pyrrole nitrogens is 1. The highest BCUT2D eigenvalue weighted by atomic mass is 19.1. The van der Waals surface area contributed by atoms with Crippen LogP contribution < -0.4 is 10.9 Å². The number of benzene rings is 1. The van der Waals surface area contributed by atoms with E-state index in [1.54, 1.807) is 6.08 Å². The number of hydrogen-bond donors (Lipinski definition) is 3. The Labute approximate surface area is 141 Å². The van der Waals surface area contributed by atoms with Gasteiger partial charge >= 0.3 is 0 Å². The molecule has 0 saturated carbocycles. The molecule has 1 aromatic carbocycles. The summed E-state index contributed by atoms with van der Waals surface area (Å²) < 4.78 is 13.6. The first-order valence-electron chi connectivity index (χ1n) is 8.17. The number of nitrogens with zero attached hydrogens (tertiary/aromatic N) is 2. The molecule has 0 radical (unpaired) electrons. The number of aromatic amines is 1. The van der Waals surface area contributed by atoms with Gasteiger partial charge in [0.1, 0.15) is 11.7 Å². The molecule has 1 aromatic heterocycles. The van der Waals surface area contributed by atoms with Gasteiger partial charge in [-0.05, 0) is 55.2 Å². The summed E-state index contributed by atoms with van der Waals surface area (Å²) in [6, 6.07) is 6.14. The van der Waals surface area contributed by atoms with Gasteiger partial charge in [-0.15, -0.1) is 0 Å². The van der Waals surface area contributed by atoms with E-state index in [0.29, 0.717) is 12.2 Å². The lowest BCUT2D eigenvalue weighted by atomic mass is 9.93. The number of halogens is 1. The van der Waals surface area contributed by atoms with Crippen LogP contribution >= 0.6 is 0 Å².